The average Bonchev–Trinajstić information content (AvgIpc) is 2.90. The van der Waals surface area contributed by atoms with Crippen LogP contribution in [0.2, 0.25) is 0 Å². The SMILES string of the molecule is Cn1c(=O)n(C2CCNC2)c(=O)c2ccc(F)cc21. The molecule has 0 radical (unpaired) electrons. The molecule has 19 heavy (non-hydrogen) atoms. The van der Waals surface area contributed by atoms with E-state index >= 15 is 0 Å². The molecule has 6 heteroatoms. The number of benzene rings is 1. The highest BCUT2D eigenvalue weighted by molar-refractivity contribution is 5.77. The van der Waals surface area contributed by atoms with Crippen molar-refractivity contribution >= 4 is 10.9 Å². The molecule has 5 nitrogen and oxygen atoms in total. The van der Waals surface area contributed by atoms with Crippen molar-refractivity contribution < 1.29 is 4.39 Å². The van der Waals surface area contributed by atoms with Crippen molar-refractivity contribution in [3.8, 4) is 0 Å². The maximum absolute atomic E-state index is 13.2. The molecule has 0 bridgehead atoms. The zero-order valence-electron chi connectivity index (χ0n) is 10.5. The molecular formula is C13H14FN3O2. The lowest BCUT2D eigenvalue weighted by Gasteiger charge is -2.15. The predicted molar refractivity (Wildman–Crippen MR) is 69.9 cm³/mol. The van der Waals surface area contributed by atoms with E-state index in [1.807, 2.05) is 0 Å². The number of halogens is 1. The van der Waals surface area contributed by atoms with Crippen LogP contribution >= 0.6 is 0 Å². The van der Waals surface area contributed by atoms with Gasteiger partial charge in [0, 0.05) is 13.6 Å². The molecule has 1 atom stereocenters. The normalized spacial score (nSPS) is 19.2. The Kier molecular flexibility index (Phi) is 2.74. The number of hydrogen-bond acceptors (Lipinski definition) is 3. The van der Waals surface area contributed by atoms with Crippen LogP contribution in [0.5, 0.6) is 0 Å². The second-order valence-electron chi connectivity index (χ2n) is 4.82. The number of nitrogens with one attached hydrogen (secondary N) is 1. The Hall–Kier alpha value is -1.95. The first-order valence-electron chi connectivity index (χ1n) is 6.21. The largest absolute Gasteiger partial charge is 0.331 e. The van der Waals surface area contributed by atoms with Gasteiger partial charge in [0.05, 0.1) is 16.9 Å². The number of aromatic nitrogens is 2. The summed E-state index contributed by atoms with van der Waals surface area (Å²) in [5, 5.41) is 3.50. The quantitative estimate of drug-likeness (QED) is 0.809. The molecule has 1 fully saturated rings. The van der Waals surface area contributed by atoms with E-state index in [-0.39, 0.29) is 11.6 Å². The van der Waals surface area contributed by atoms with Crippen LogP contribution in [0.4, 0.5) is 4.39 Å². The number of aryl methyl sites for hydroxylation is 1. The summed E-state index contributed by atoms with van der Waals surface area (Å²) < 4.78 is 15.9. The van der Waals surface area contributed by atoms with Crippen molar-refractivity contribution in [3.63, 3.8) is 0 Å². The van der Waals surface area contributed by atoms with Crippen LogP contribution in [0.15, 0.2) is 27.8 Å². The maximum atomic E-state index is 13.2. The Balaban J connectivity index is 2.38. The smallest absolute Gasteiger partial charge is 0.315 e. The molecule has 1 aromatic carbocycles. The Bertz CT molecular complexity index is 757. The molecule has 1 saturated heterocycles. The van der Waals surface area contributed by atoms with Crippen LogP contribution in [0, 0.1) is 5.82 Å². The van der Waals surface area contributed by atoms with Gasteiger partial charge in [0.25, 0.3) is 5.56 Å². The molecule has 0 spiro atoms. The molecule has 1 aromatic heterocycles. The second kappa shape index (κ2) is 4.31. The number of hydrogen-bond donors (Lipinski definition) is 1. The van der Waals surface area contributed by atoms with Crippen LogP contribution in [-0.4, -0.2) is 22.2 Å². The molecule has 0 saturated carbocycles. The highest BCUT2D eigenvalue weighted by Crippen LogP contribution is 2.14. The highest BCUT2D eigenvalue weighted by atomic mass is 19.1. The lowest BCUT2D eigenvalue weighted by molar-refractivity contribution is 0.493. The number of fused-ring (bicyclic) bond motifs is 1. The maximum Gasteiger partial charge on any atom is 0.331 e. The molecular weight excluding hydrogens is 249 g/mol. The molecule has 1 aliphatic rings. The average molecular weight is 263 g/mol. The third-order valence-electron chi connectivity index (χ3n) is 3.66. The summed E-state index contributed by atoms with van der Waals surface area (Å²) in [5.74, 6) is -0.456. The van der Waals surface area contributed by atoms with Gasteiger partial charge in [0.2, 0.25) is 0 Å². The van der Waals surface area contributed by atoms with Crippen LogP contribution in [0.1, 0.15) is 12.5 Å². The van der Waals surface area contributed by atoms with E-state index in [9.17, 15) is 14.0 Å². The summed E-state index contributed by atoms with van der Waals surface area (Å²) in [4.78, 5) is 24.7. The summed E-state index contributed by atoms with van der Waals surface area (Å²) in [5.41, 5.74) is -0.402. The Labute approximate surface area is 108 Å². The predicted octanol–water partition coefficient (Wildman–Crippen LogP) is 0.374. The molecule has 3 rings (SSSR count). The van der Waals surface area contributed by atoms with Gasteiger partial charge in [-0.15, -0.1) is 0 Å². The lowest BCUT2D eigenvalue weighted by Crippen LogP contribution is -2.42. The highest BCUT2D eigenvalue weighted by Gasteiger charge is 2.22. The molecule has 1 unspecified atom stereocenters. The standard InChI is InChI=1S/C13H14FN3O2/c1-16-11-6-8(14)2-3-10(11)12(18)17(13(16)19)9-4-5-15-7-9/h2-3,6,9,15H,4-5,7H2,1H3. The van der Waals surface area contributed by atoms with Crippen molar-refractivity contribution in [1.82, 2.24) is 14.5 Å². The van der Waals surface area contributed by atoms with Gasteiger partial charge in [-0.1, -0.05) is 0 Å². The minimum Gasteiger partial charge on any atom is -0.315 e. The zero-order chi connectivity index (χ0) is 13.6. The summed E-state index contributed by atoms with van der Waals surface area (Å²) in [7, 11) is 1.56. The molecule has 2 aromatic rings. The van der Waals surface area contributed by atoms with Crippen LogP contribution in [0.25, 0.3) is 10.9 Å². The van der Waals surface area contributed by atoms with E-state index in [2.05, 4.69) is 5.32 Å². The molecule has 0 amide bonds. The first-order valence-corrected chi connectivity index (χ1v) is 6.21. The van der Waals surface area contributed by atoms with Gasteiger partial charge in [-0.25, -0.2) is 9.18 Å². The van der Waals surface area contributed by atoms with Crippen LogP contribution in [-0.2, 0) is 7.05 Å². The summed E-state index contributed by atoms with van der Waals surface area (Å²) in [6.45, 7) is 1.41. The Morgan fingerprint density at radius 1 is 1.37 bits per heavy atom. The molecule has 2 heterocycles. The molecule has 1 aliphatic heterocycles. The third-order valence-corrected chi connectivity index (χ3v) is 3.66. The van der Waals surface area contributed by atoms with Gasteiger partial charge in [0.1, 0.15) is 5.82 Å². The monoisotopic (exact) mass is 263 g/mol. The first-order chi connectivity index (χ1) is 9.09. The van der Waals surface area contributed by atoms with Gasteiger partial charge < -0.3 is 5.32 Å². The fraction of sp³-hybridized carbons (Fsp3) is 0.385. The number of rotatable bonds is 1. The zero-order valence-corrected chi connectivity index (χ0v) is 10.5. The van der Waals surface area contributed by atoms with Crippen molar-refractivity contribution in [2.45, 2.75) is 12.5 Å². The van der Waals surface area contributed by atoms with Crippen molar-refractivity contribution in [3.05, 3.63) is 44.9 Å². The van der Waals surface area contributed by atoms with Crippen LogP contribution in [0.3, 0.4) is 0 Å². The van der Waals surface area contributed by atoms with E-state index in [0.717, 1.165) is 13.0 Å². The topological polar surface area (TPSA) is 56.0 Å². The Morgan fingerprint density at radius 2 is 2.16 bits per heavy atom. The van der Waals surface area contributed by atoms with E-state index in [1.165, 1.54) is 27.3 Å². The van der Waals surface area contributed by atoms with Crippen LogP contribution < -0.4 is 16.6 Å². The van der Waals surface area contributed by atoms with Crippen molar-refractivity contribution in [2.24, 2.45) is 7.05 Å². The lowest BCUT2D eigenvalue weighted by atomic mass is 10.2. The minimum atomic E-state index is -0.456. The third kappa shape index (κ3) is 1.79. The second-order valence-corrected chi connectivity index (χ2v) is 4.82. The fourth-order valence-electron chi connectivity index (χ4n) is 2.63. The Morgan fingerprint density at radius 3 is 2.84 bits per heavy atom. The van der Waals surface area contributed by atoms with Gasteiger partial charge >= 0.3 is 5.69 Å². The fourth-order valence-corrected chi connectivity index (χ4v) is 2.63. The first kappa shape index (κ1) is 12.1. The molecule has 0 aliphatic carbocycles. The van der Waals surface area contributed by atoms with Gasteiger partial charge in [-0.2, -0.15) is 0 Å². The summed E-state index contributed by atoms with van der Waals surface area (Å²) >= 11 is 0. The summed E-state index contributed by atoms with van der Waals surface area (Å²) in [6.07, 6.45) is 0.752. The van der Waals surface area contributed by atoms with E-state index in [1.54, 1.807) is 7.05 Å². The van der Waals surface area contributed by atoms with Crippen molar-refractivity contribution in [1.29, 1.82) is 0 Å². The van der Waals surface area contributed by atoms with Gasteiger partial charge in [-0.05, 0) is 31.2 Å². The van der Waals surface area contributed by atoms with Gasteiger partial charge in [-0.3, -0.25) is 13.9 Å². The van der Waals surface area contributed by atoms with E-state index < -0.39 is 11.5 Å². The molecule has 1 N–H and O–H groups in total. The number of nitrogens with zero attached hydrogens (tertiary/aromatic N) is 2. The van der Waals surface area contributed by atoms with E-state index in [0.29, 0.717) is 17.4 Å². The molecule has 100 valence electrons. The minimum absolute atomic E-state index is 0.124. The van der Waals surface area contributed by atoms with Gasteiger partial charge in [0.15, 0.2) is 0 Å². The van der Waals surface area contributed by atoms with Crippen molar-refractivity contribution in [2.75, 3.05) is 13.1 Å². The van der Waals surface area contributed by atoms with E-state index in [4.69, 9.17) is 0 Å². The summed E-state index contributed by atoms with van der Waals surface area (Å²) in [6, 6.07) is 3.77.